The number of hydrogen-bond acceptors (Lipinski definition) is 2. The third-order valence-corrected chi connectivity index (χ3v) is 2.96. The number of carbonyl (C=O) groups excluding carboxylic acids is 1. The van der Waals surface area contributed by atoms with Crippen molar-refractivity contribution >= 4 is 23.2 Å². The van der Waals surface area contributed by atoms with E-state index in [1.807, 2.05) is 0 Å². The number of carbonyl (C=O) groups is 1. The predicted molar refractivity (Wildman–Crippen MR) is 72.2 cm³/mol. The maximum absolute atomic E-state index is 13.1. The summed E-state index contributed by atoms with van der Waals surface area (Å²) in [5, 5.41) is 12.0. The number of anilines is 1. The van der Waals surface area contributed by atoms with Crippen LogP contribution >= 0.6 is 11.6 Å². The van der Waals surface area contributed by atoms with E-state index in [2.05, 4.69) is 5.32 Å². The van der Waals surface area contributed by atoms with E-state index >= 15 is 0 Å². The first-order chi connectivity index (χ1) is 8.97. The van der Waals surface area contributed by atoms with Gasteiger partial charge in [-0.1, -0.05) is 17.7 Å². The molecular weight excluding hydrogens is 269 g/mol. The van der Waals surface area contributed by atoms with Crippen LogP contribution in [0.3, 0.4) is 0 Å². The molecule has 0 spiro atoms. The molecule has 0 bridgehead atoms. The van der Waals surface area contributed by atoms with Crippen LogP contribution in [0.25, 0.3) is 0 Å². The minimum atomic E-state index is -0.479. The Bertz CT molecular complexity index is 643. The minimum absolute atomic E-state index is 0.00457. The van der Waals surface area contributed by atoms with Crippen LogP contribution in [0, 0.1) is 12.7 Å². The van der Waals surface area contributed by atoms with Crippen molar-refractivity contribution in [2.45, 2.75) is 6.92 Å². The predicted octanol–water partition coefficient (Wildman–Crippen LogP) is 3.75. The van der Waals surface area contributed by atoms with Crippen LogP contribution in [0.2, 0.25) is 5.02 Å². The topological polar surface area (TPSA) is 49.3 Å². The Morgan fingerprint density at radius 3 is 2.68 bits per heavy atom. The molecule has 0 unspecified atom stereocenters. The molecule has 19 heavy (non-hydrogen) atoms. The van der Waals surface area contributed by atoms with Crippen LogP contribution in [-0.2, 0) is 0 Å². The molecule has 0 fully saturated rings. The van der Waals surface area contributed by atoms with Crippen molar-refractivity contribution in [2.24, 2.45) is 0 Å². The third-order valence-electron chi connectivity index (χ3n) is 2.65. The standard InChI is InChI=1S/C14H11ClFNO2/c1-8-2-3-9(16)6-11(8)14(19)17-13-5-4-10(18)7-12(13)15/h2-7,18H,1H3,(H,17,19). The molecule has 0 atom stereocenters. The largest absolute Gasteiger partial charge is 0.508 e. The van der Waals surface area contributed by atoms with Crippen LogP contribution in [-0.4, -0.2) is 11.0 Å². The summed E-state index contributed by atoms with van der Waals surface area (Å²) < 4.78 is 13.1. The van der Waals surface area contributed by atoms with E-state index in [0.717, 1.165) is 0 Å². The molecule has 2 rings (SSSR count). The second kappa shape index (κ2) is 5.28. The number of aryl methyl sites for hydroxylation is 1. The van der Waals surface area contributed by atoms with E-state index in [1.165, 1.54) is 36.4 Å². The SMILES string of the molecule is Cc1ccc(F)cc1C(=O)Nc1ccc(O)cc1Cl. The lowest BCUT2D eigenvalue weighted by molar-refractivity contribution is 0.102. The van der Waals surface area contributed by atoms with Crippen molar-refractivity contribution in [2.75, 3.05) is 5.32 Å². The highest BCUT2D eigenvalue weighted by molar-refractivity contribution is 6.34. The molecular formula is C14H11ClFNO2. The van der Waals surface area contributed by atoms with Crippen molar-refractivity contribution in [3.05, 3.63) is 58.4 Å². The van der Waals surface area contributed by atoms with Gasteiger partial charge in [-0.25, -0.2) is 4.39 Å². The van der Waals surface area contributed by atoms with Crippen LogP contribution in [0.5, 0.6) is 5.75 Å². The molecule has 2 aromatic rings. The average Bonchev–Trinajstić information content (AvgIpc) is 2.35. The molecule has 0 aliphatic rings. The zero-order valence-electron chi connectivity index (χ0n) is 10.1. The summed E-state index contributed by atoms with van der Waals surface area (Å²) in [4.78, 5) is 12.0. The molecule has 0 heterocycles. The van der Waals surface area contributed by atoms with Gasteiger partial charge in [0.2, 0.25) is 0 Å². The molecule has 98 valence electrons. The highest BCUT2D eigenvalue weighted by Gasteiger charge is 2.12. The van der Waals surface area contributed by atoms with Gasteiger partial charge in [-0.15, -0.1) is 0 Å². The zero-order valence-corrected chi connectivity index (χ0v) is 10.8. The number of phenolic OH excluding ortho intramolecular Hbond substituents is 1. The second-order valence-corrected chi connectivity index (χ2v) is 4.48. The molecule has 5 heteroatoms. The Kier molecular flexibility index (Phi) is 3.71. The van der Waals surface area contributed by atoms with Crippen molar-refractivity contribution < 1.29 is 14.3 Å². The number of phenols is 1. The first kappa shape index (κ1) is 13.4. The Balaban J connectivity index is 2.28. The Hall–Kier alpha value is -2.07. The number of benzene rings is 2. The van der Waals surface area contributed by atoms with Crippen LogP contribution < -0.4 is 5.32 Å². The fourth-order valence-electron chi connectivity index (χ4n) is 1.63. The van der Waals surface area contributed by atoms with Gasteiger partial charge in [-0.2, -0.15) is 0 Å². The van der Waals surface area contributed by atoms with E-state index in [0.29, 0.717) is 11.3 Å². The van der Waals surface area contributed by atoms with Gasteiger partial charge in [0.1, 0.15) is 11.6 Å². The van der Waals surface area contributed by atoms with Crippen molar-refractivity contribution in [1.82, 2.24) is 0 Å². The van der Waals surface area contributed by atoms with Gasteiger partial charge in [0.05, 0.1) is 10.7 Å². The number of aromatic hydroxyl groups is 1. The quantitative estimate of drug-likeness (QED) is 0.823. The number of halogens is 2. The van der Waals surface area contributed by atoms with Crippen LogP contribution in [0.15, 0.2) is 36.4 Å². The highest BCUT2D eigenvalue weighted by atomic mass is 35.5. The summed E-state index contributed by atoms with van der Waals surface area (Å²) in [7, 11) is 0. The third kappa shape index (κ3) is 3.03. The molecule has 0 saturated carbocycles. The van der Waals surface area contributed by atoms with Crippen molar-refractivity contribution in [3.63, 3.8) is 0 Å². The van der Waals surface area contributed by atoms with Gasteiger partial charge in [0, 0.05) is 11.6 Å². The molecule has 0 saturated heterocycles. The Morgan fingerprint density at radius 2 is 2.00 bits per heavy atom. The van der Waals surface area contributed by atoms with E-state index in [-0.39, 0.29) is 16.3 Å². The van der Waals surface area contributed by atoms with Crippen molar-refractivity contribution in [1.29, 1.82) is 0 Å². The summed E-state index contributed by atoms with van der Waals surface area (Å²) in [5.41, 5.74) is 1.26. The van der Waals surface area contributed by atoms with Crippen molar-refractivity contribution in [3.8, 4) is 5.75 Å². The van der Waals surface area contributed by atoms with Crippen LogP contribution in [0.4, 0.5) is 10.1 Å². The fraction of sp³-hybridized carbons (Fsp3) is 0.0714. The van der Waals surface area contributed by atoms with E-state index in [4.69, 9.17) is 11.6 Å². The maximum atomic E-state index is 13.1. The summed E-state index contributed by atoms with van der Waals surface area (Å²) in [6.07, 6.45) is 0. The number of hydrogen-bond donors (Lipinski definition) is 2. The molecule has 0 aliphatic heterocycles. The zero-order chi connectivity index (χ0) is 14.0. The summed E-state index contributed by atoms with van der Waals surface area (Å²) in [5.74, 6) is -0.929. The number of nitrogens with one attached hydrogen (secondary N) is 1. The summed E-state index contributed by atoms with van der Waals surface area (Å²) in [6, 6.07) is 8.18. The van der Waals surface area contributed by atoms with Gasteiger partial charge in [0.15, 0.2) is 0 Å². The molecule has 0 aliphatic carbocycles. The molecule has 2 N–H and O–H groups in total. The molecule has 0 aromatic heterocycles. The fourth-order valence-corrected chi connectivity index (χ4v) is 1.86. The average molecular weight is 280 g/mol. The normalized spacial score (nSPS) is 10.3. The highest BCUT2D eigenvalue weighted by Crippen LogP contribution is 2.26. The van der Waals surface area contributed by atoms with Gasteiger partial charge in [-0.05, 0) is 36.8 Å². The molecule has 3 nitrogen and oxygen atoms in total. The van der Waals surface area contributed by atoms with E-state index < -0.39 is 11.7 Å². The molecule has 2 aromatic carbocycles. The lowest BCUT2D eigenvalue weighted by atomic mass is 10.1. The Morgan fingerprint density at radius 1 is 1.26 bits per heavy atom. The summed E-state index contributed by atoms with van der Waals surface area (Å²) >= 11 is 5.88. The first-order valence-corrected chi connectivity index (χ1v) is 5.91. The second-order valence-electron chi connectivity index (χ2n) is 4.08. The molecule has 0 radical (unpaired) electrons. The lowest BCUT2D eigenvalue weighted by Gasteiger charge is -2.09. The Labute approximate surface area is 114 Å². The maximum Gasteiger partial charge on any atom is 0.256 e. The van der Waals surface area contributed by atoms with Gasteiger partial charge in [-0.3, -0.25) is 4.79 Å². The number of amides is 1. The lowest BCUT2D eigenvalue weighted by Crippen LogP contribution is -2.14. The minimum Gasteiger partial charge on any atom is -0.508 e. The van der Waals surface area contributed by atoms with E-state index in [1.54, 1.807) is 6.92 Å². The smallest absolute Gasteiger partial charge is 0.256 e. The number of rotatable bonds is 2. The van der Waals surface area contributed by atoms with Gasteiger partial charge >= 0.3 is 0 Å². The van der Waals surface area contributed by atoms with E-state index in [9.17, 15) is 14.3 Å². The van der Waals surface area contributed by atoms with Gasteiger partial charge in [0.25, 0.3) is 5.91 Å². The van der Waals surface area contributed by atoms with Gasteiger partial charge < -0.3 is 10.4 Å². The monoisotopic (exact) mass is 279 g/mol. The van der Waals surface area contributed by atoms with Crippen LogP contribution in [0.1, 0.15) is 15.9 Å². The molecule has 1 amide bonds. The first-order valence-electron chi connectivity index (χ1n) is 5.53. The summed E-state index contributed by atoms with van der Waals surface area (Å²) in [6.45, 7) is 1.72.